The first-order valence-corrected chi connectivity index (χ1v) is 7.58. The molecule has 0 saturated heterocycles. The van der Waals surface area contributed by atoms with E-state index in [9.17, 15) is 5.11 Å². The number of benzene rings is 2. The molecule has 2 rings (SSSR count). The first-order chi connectivity index (χ1) is 10.0. The van der Waals surface area contributed by atoms with Crippen LogP contribution in [0.15, 0.2) is 46.9 Å². The second-order valence-electron chi connectivity index (χ2n) is 5.02. The summed E-state index contributed by atoms with van der Waals surface area (Å²) in [4.78, 5) is 0. The van der Waals surface area contributed by atoms with Crippen LogP contribution in [0.4, 0.5) is 0 Å². The highest BCUT2D eigenvalue weighted by Crippen LogP contribution is 2.32. The summed E-state index contributed by atoms with van der Waals surface area (Å²) in [6.07, 6.45) is -0.603. The van der Waals surface area contributed by atoms with Crippen molar-refractivity contribution >= 4 is 15.9 Å². The highest BCUT2D eigenvalue weighted by atomic mass is 79.9. The number of aliphatic hydroxyl groups is 1. The second-order valence-corrected chi connectivity index (χ2v) is 5.94. The Balaban J connectivity index is 2.25. The fraction of sp³-hybridized carbons (Fsp3) is 0.294. The van der Waals surface area contributed by atoms with E-state index in [1.54, 1.807) is 7.11 Å². The van der Waals surface area contributed by atoms with E-state index in [0.29, 0.717) is 5.75 Å². The summed E-state index contributed by atoms with van der Waals surface area (Å²) >= 11 is 3.40. The molecule has 0 saturated carbocycles. The van der Waals surface area contributed by atoms with Crippen molar-refractivity contribution in [2.75, 3.05) is 7.11 Å². The molecule has 1 N–H and O–H groups in total. The average molecular weight is 351 g/mol. The van der Waals surface area contributed by atoms with Crippen LogP contribution in [-0.2, 0) is 0 Å². The Morgan fingerprint density at radius 3 is 2.29 bits per heavy atom. The molecule has 112 valence electrons. The van der Waals surface area contributed by atoms with Crippen LogP contribution in [0.25, 0.3) is 0 Å². The summed E-state index contributed by atoms with van der Waals surface area (Å²) in [6.45, 7) is 3.96. The molecule has 3 nitrogen and oxygen atoms in total. The topological polar surface area (TPSA) is 38.7 Å². The van der Waals surface area contributed by atoms with E-state index >= 15 is 0 Å². The molecule has 0 fully saturated rings. The van der Waals surface area contributed by atoms with Crippen molar-refractivity contribution in [3.8, 4) is 11.5 Å². The molecule has 21 heavy (non-hydrogen) atoms. The van der Waals surface area contributed by atoms with Gasteiger partial charge in [0.2, 0.25) is 0 Å². The number of methoxy groups -OCH3 is 1. The minimum atomic E-state index is -0.735. The number of hydrogen-bond acceptors (Lipinski definition) is 3. The average Bonchev–Trinajstić information content (AvgIpc) is 2.46. The van der Waals surface area contributed by atoms with Crippen molar-refractivity contribution in [1.82, 2.24) is 0 Å². The minimum Gasteiger partial charge on any atom is -0.496 e. The van der Waals surface area contributed by atoms with Gasteiger partial charge in [0.05, 0.1) is 13.2 Å². The van der Waals surface area contributed by atoms with E-state index in [0.717, 1.165) is 21.3 Å². The third-order valence-electron chi connectivity index (χ3n) is 3.06. The lowest BCUT2D eigenvalue weighted by Crippen LogP contribution is -2.06. The maximum absolute atomic E-state index is 10.5. The van der Waals surface area contributed by atoms with Gasteiger partial charge in [-0.2, -0.15) is 0 Å². The lowest BCUT2D eigenvalue weighted by molar-refractivity contribution is 0.214. The Labute approximate surface area is 133 Å². The van der Waals surface area contributed by atoms with Crippen LogP contribution < -0.4 is 9.47 Å². The van der Waals surface area contributed by atoms with Gasteiger partial charge in [-0.25, -0.2) is 0 Å². The van der Waals surface area contributed by atoms with Gasteiger partial charge in [0, 0.05) is 10.0 Å². The van der Waals surface area contributed by atoms with Crippen LogP contribution in [0.5, 0.6) is 11.5 Å². The minimum absolute atomic E-state index is 0.132. The molecule has 0 aliphatic rings. The predicted octanol–water partition coefficient (Wildman–Crippen LogP) is 4.33. The highest BCUT2D eigenvalue weighted by Gasteiger charge is 2.15. The van der Waals surface area contributed by atoms with Gasteiger partial charge in [-0.3, -0.25) is 0 Å². The smallest absolute Gasteiger partial charge is 0.126 e. The Bertz CT molecular complexity index is 593. The van der Waals surface area contributed by atoms with Crippen LogP contribution in [0.1, 0.15) is 31.1 Å². The van der Waals surface area contributed by atoms with Crippen LogP contribution in [0, 0.1) is 0 Å². The molecule has 0 aliphatic carbocycles. The molecule has 0 aliphatic heterocycles. The van der Waals surface area contributed by atoms with Gasteiger partial charge >= 0.3 is 0 Å². The first kappa shape index (κ1) is 15.9. The molecular weight excluding hydrogens is 332 g/mol. The summed E-state index contributed by atoms with van der Waals surface area (Å²) < 4.78 is 11.8. The van der Waals surface area contributed by atoms with Gasteiger partial charge in [0.1, 0.15) is 17.6 Å². The predicted molar refractivity (Wildman–Crippen MR) is 87.0 cm³/mol. The number of aliphatic hydroxyl groups excluding tert-OH is 1. The molecule has 4 heteroatoms. The molecule has 0 bridgehead atoms. The van der Waals surface area contributed by atoms with Crippen LogP contribution in [0.2, 0.25) is 0 Å². The fourth-order valence-electron chi connectivity index (χ4n) is 2.09. The second kappa shape index (κ2) is 6.96. The van der Waals surface area contributed by atoms with Crippen molar-refractivity contribution in [3.63, 3.8) is 0 Å². The molecule has 0 radical (unpaired) electrons. The van der Waals surface area contributed by atoms with Crippen LogP contribution in [0.3, 0.4) is 0 Å². The molecule has 1 unspecified atom stereocenters. The maximum atomic E-state index is 10.5. The molecule has 0 aromatic heterocycles. The zero-order valence-electron chi connectivity index (χ0n) is 12.3. The van der Waals surface area contributed by atoms with E-state index in [2.05, 4.69) is 15.9 Å². The van der Waals surface area contributed by atoms with Gasteiger partial charge in [0.25, 0.3) is 0 Å². The summed E-state index contributed by atoms with van der Waals surface area (Å²) in [5.41, 5.74) is 1.53. The normalized spacial score (nSPS) is 12.3. The van der Waals surface area contributed by atoms with E-state index in [-0.39, 0.29) is 6.10 Å². The summed E-state index contributed by atoms with van der Waals surface area (Å²) in [5.74, 6) is 1.45. The van der Waals surface area contributed by atoms with Crippen molar-refractivity contribution in [3.05, 3.63) is 58.1 Å². The number of ether oxygens (including phenoxy) is 2. The molecule has 0 heterocycles. The number of rotatable bonds is 5. The SMILES string of the molecule is COc1cc(Br)ccc1C(O)c1ccc(OC(C)C)cc1. The molecular formula is C17H19BrO3. The fourth-order valence-corrected chi connectivity index (χ4v) is 2.43. The van der Waals surface area contributed by atoms with Crippen molar-refractivity contribution in [2.24, 2.45) is 0 Å². The van der Waals surface area contributed by atoms with Crippen LogP contribution in [-0.4, -0.2) is 18.3 Å². The zero-order valence-corrected chi connectivity index (χ0v) is 13.9. The maximum Gasteiger partial charge on any atom is 0.126 e. The quantitative estimate of drug-likeness (QED) is 0.872. The van der Waals surface area contributed by atoms with Gasteiger partial charge in [0.15, 0.2) is 0 Å². The van der Waals surface area contributed by atoms with E-state index in [1.165, 1.54) is 0 Å². The largest absolute Gasteiger partial charge is 0.496 e. The third-order valence-corrected chi connectivity index (χ3v) is 3.55. The zero-order chi connectivity index (χ0) is 15.4. The van der Waals surface area contributed by atoms with Crippen molar-refractivity contribution in [1.29, 1.82) is 0 Å². The van der Waals surface area contributed by atoms with Crippen molar-refractivity contribution < 1.29 is 14.6 Å². The Morgan fingerprint density at radius 1 is 1.05 bits per heavy atom. The Hall–Kier alpha value is -1.52. The molecule has 0 amide bonds. The number of hydrogen-bond donors (Lipinski definition) is 1. The molecule has 2 aromatic rings. The van der Waals surface area contributed by atoms with Crippen molar-refractivity contribution in [2.45, 2.75) is 26.1 Å². The lowest BCUT2D eigenvalue weighted by Gasteiger charge is -2.16. The first-order valence-electron chi connectivity index (χ1n) is 6.79. The summed E-state index contributed by atoms with van der Waals surface area (Å²) in [6, 6.07) is 13.0. The van der Waals surface area contributed by atoms with E-state index in [1.807, 2.05) is 56.3 Å². The van der Waals surface area contributed by atoms with Gasteiger partial charge < -0.3 is 14.6 Å². The monoisotopic (exact) mass is 350 g/mol. The third kappa shape index (κ3) is 3.99. The standard InChI is InChI=1S/C17H19BrO3/c1-11(2)21-14-7-4-12(5-8-14)17(19)15-9-6-13(18)10-16(15)20-3/h4-11,17,19H,1-3H3. The van der Waals surface area contributed by atoms with Gasteiger partial charge in [-0.05, 0) is 43.7 Å². The summed E-state index contributed by atoms with van der Waals surface area (Å²) in [7, 11) is 1.59. The highest BCUT2D eigenvalue weighted by molar-refractivity contribution is 9.10. The molecule has 2 aromatic carbocycles. The molecule has 1 atom stereocenters. The van der Waals surface area contributed by atoms with Crippen LogP contribution >= 0.6 is 15.9 Å². The van der Waals surface area contributed by atoms with E-state index < -0.39 is 6.10 Å². The van der Waals surface area contributed by atoms with E-state index in [4.69, 9.17) is 9.47 Å². The van der Waals surface area contributed by atoms with Gasteiger partial charge in [-0.1, -0.05) is 34.1 Å². The molecule has 0 spiro atoms. The Morgan fingerprint density at radius 2 is 1.71 bits per heavy atom. The summed E-state index contributed by atoms with van der Waals surface area (Å²) in [5, 5.41) is 10.5. The lowest BCUT2D eigenvalue weighted by atomic mass is 10.0. The Kier molecular flexibility index (Phi) is 5.26. The van der Waals surface area contributed by atoms with Gasteiger partial charge in [-0.15, -0.1) is 0 Å². The number of halogens is 1.